The molecule has 182 valence electrons. The van der Waals surface area contributed by atoms with Crippen molar-refractivity contribution in [2.45, 2.75) is 33.1 Å². The fourth-order valence-electron chi connectivity index (χ4n) is 6.97. The van der Waals surface area contributed by atoms with Gasteiger partial charge < -0.3 is 4.57 Å². The van der Waals surface area contributed by atoms with Crippen molar-refractivity contribution in [2.24, 2.45) is 0 Å². The lowest BCUT2D eigenvalue weighted by Crippen LogP contribution is -2.26. The Morgan fingerprint density at radius 3 is 2.13 bits per heavy atom. The molecule has 0 bridgehead atoms. The molecule has 1 heteroatoms. The van der Waals surface area contributed by atoms with E-state index in [4.69, 9.17) is 0 Å². The van der Waals surface area contributed by atoms with Crippen molar-refractivity contribution in [3.63, 3.8) is 0 Å². The van der Waals surface area contributed by atoms with Crippen LogP contribution in [0.2, 0.25) is 0 Å². The van der Waals surface area contributed by atoms with Crippen LogP contribution >= 0.6 is 0 Å². The van der Waals surface area contributed by atoms with Crippen LogP contribution in [0.25, 0.3) is 60.2 Å². The summed E-state index contributed by atoms with van der Waals surface area (Å²) in [6.07, 6.45) is 0. The molecule has 38 heavy (non-hydrogen) atoms. The summed E-state index contributed by atoms with van der Waals surface area (Å²) >= 11 is 0. The molecule has 1 aliphatic rings. The number of aromatic nitrogens is 1. The Morgan fingerprint density at radius 2 is 1.29 bits per heavy atom. The molecule has 0 N–H and O–H groups in total. The van der Waals surface area contributed by atoms with E-state index in [0.29, 0.717) is 0 Å². The normalized spacial score (nSPS) is 14.0. The molecule has 7 aromatic rings. The van der Waals surface area contributed by atoms with Crippen molar-refractivity contribution in [1.82, 2.24) is 4.57 Å². The standard InChI is InChI=1S/C37H29N/c1-22-13-15-34-30(17-22)31-18-23(2)19-33-36(31)38(34)35-16-14-25(21-32(35)37(33,3)4)29-20-24-9-5-6-10-26(24)27-11-7-8-12-28(27)29/h5-21H,1-4H3. The fraction of sp³-hybridized carbons (Fsp3) is 0.135. The lowest BCUT2D eigenvalue weighted by Gasteiger charge is -2.35. The molecule has 0 atom stereocenters. The summed E-state index contributed by atoms with van der Waals surface area (Å²) in [6, 6.07) is 38.8. The van der Waals surface area contributed by atoms with Crippen molar-refractivity contribution >= 4 is 43.4 Å². The first-order chi connectivity index (χ1) is 18.4. The molecule has 0 radical (unpaired) electrons. The molecule has 2 heterocycles. The molecule has 0 saturated carbocycles. The van der Waals surface area contributed by atoms with Crippen LogP contribution < -0.4 is 0 Å². The van der Waals surface area contributed by atoms with Crippen molar-refractivity contribution < 1.29 is 0 Å². The average Bonchev–Trinajstić information content (AvgIpc) is 3.24. The van der Waals surface area contributed by atoms with Gasteiger partial charge in [-0.25, -0.2) is 0 Å². The Balaban J connectivity index is 1.47. The van der Waals surface area contributed by atoms with Crippen LogP contribution in [0, 0.1) is 13.8 Å². The van der Waals surface area contributed by atoms with Gasteiger partial charge in [-0.3, -0.25) is 0 Å². The highest BCUT2D eigenvalue weighted by molar-refractivity contribution is 6.14. The molecule has 8 rings (SSSR count). The van der Waals surface area contributed by atoms with Gasteiger partial charge in [0.15, 0.2) is 0 Å². The van der Waals surface area contributed by atoms with Gasteiger partial charge in [-0.15, -0.1) is 0 Å². The van der Waals surface area contributed by atoms with E-state index in [1.165, 1.54) is 82.4 Å². The minimum Gasteiger partial charge on any atom is -0.309 e. The van der Waals surface area contributed by atoms with Crippen LogP contribution in [0.4, 0.5) is 0 Å². The third-order valence-corrected chi connectivity index (χ3v) is 8.82. The van der Waals surface area contributed by atoms with Crippen LogP contribution in [0.3, 0.4) is 0 Å². The van der Waals surface area contributed by atoms with Gasteiger partial charge in [0.2, 0.25) is 0 Å². The molecular formula is C37H29N. The molecule has 0 spiro atoms. The predicted molar refractivity (Wildman–Crippen MR) is 163 cm³/mol. The highest BCUT2D eigenvalue weighted by atomic mass is 15.0. The Morgan fingerprint density at radius 1 is 0.553 bits per heavy atom. The quantitative estimate of drug-likeness (QED) is 0.203. The number of hydrogen-bond donors (Lipinski definition) is 0. The summed E-state index contributed by atoms with van der Waals surface area (Å²) in [6.45, 7) is 9.22. The zero-order valence-corrected chi connectivity index (χ0v) is 22.3. The Kier molecular flexibility index (Phi) is 4.20. The van der Waals surface area contributed by atoms with Gasteiger partial charge >= 0.3 is 0 Å². The van der Waals surface area contributed by atoms with Crippen LogP contribution in [0.5, 0.6) is 0 Å². The highest BCUT2D eigenvalue weighted by Crippen LogP contribution is 2.49. The van der Waals surface area contributed by atoms with Gasteiger partial charge in [-0.1, -0.05) is 91.7 Å². The molecule has 0 aliphatic carbocycles. The second-order valence-electron chi connectivity index (χ2n) is 11.6. The molecule has 1 aromatic heterocycles. The van der Waals surface area contributed by atoms with Crippen molar-refractivity contribution in [1.29, 1.82) is 0 Å². The number of rotatable bonds is 1. The second-order valence-corrected chi connectivity index (χ2v) is 11.6. The zero-order chi connectivity index (χ0) is 25.8. The second kappa shape index (κ2) is 7.36. The Bertz CT molecular complexity index is 2120. The highest BCUT2D eigenvalue weighted by Gasteiger charge is 2.35. The van der Waals surface area contributed by atoms with E-state index in [1.54, 1.807) is 0 Å². The third kappa shape index (κ3) is 2.77. The first kappa shape index (κ1) is 21.7. The number of fused-ring (bicyclic) bond motifs is 8. The van der Waals surface area contributed by atoms with Crippen LogP contribution in [0.15, 0.2) is 103 Å². The van der Waals surface area contributed by atoms with Gasteiger partial charge in [-0.2, -0.15) is 0 Å². The lowest BCUT2D eigenvalue weighted by atomic mass is 9.73. The van der Waals surface area contributed by atoms with Crippen molar-refractivity contribution in [2.75, 3.05) is 0 Å². The first-order valence-electron chi connectivity index (χ1n) is 13.5. The summed E-state index contributed by atoms with van der Waals surface area (Å²) in [7, 11) is 0. The zero-order valence-electron chi connectivity index (χ0n) is 22.3. The van der Waals surface area contributed by atoms with E-state index in [1.807, 2.05) is 0 Å². The summed E-state index contributed by atoms with van der Waals surface area (Å²) in [5, 5.41) is 7.92. The maximum atomic E-state index is 2.52. The summed E-state index contributed by atoms with van der Waals surface area (Å²) in [4.78, 5) is 0. The molecule has 0 saturated heterocycles. The monoisotopic (exact) mass is 487 g/mol. The lowest BCUT2D eigenvalue weighted by molar-refractivity contribution is 0.630. The van der Waals surface area contributed by atoms with E-state index in [2.05, 4.69) is 135 Å². The molecule has 1 aliphatic heterocycles. The number of aryl methyl sites for hydroxylation is 2. The van der Waals surface area contributed by atoms with E-state index >= 15 is 0 Å². The topological polar surface area (TPSA) is 4.93 Å². The Labute approximate surface area is 223 Å². The maximum absolute atomic E-state index is 2.52. The van der Waals surface area contributed by atoms with Gasteiger partial charge in [0, 0.05) is 16.2 Å². The van der Waals surface area contributed by atoms with E-state index < -0.39 is 0 Å². The van der Waals surface area contributed by atoms with Crippen molar-refractivity contribution in [3.8, 4) is 16.8 Å². The van der Waals surface area contributed by atoms with E-state index in [9.17, 15) is 0 Å². The molecular weight excluding hydrogens is 458 g/mol. The van der Waals surface area contributed by atoms with Crippen LogP contribution in [-0.2, 0) is 5.41 Å². The van der Waals surface area contributed by atoms with Gasteiger partial charge in [0.1, 0.15) is 0 Å². The largest absolute Gasteiger partial charge is 0.309 e. The summed E-state index contributed by atoms with van der Waals surface area (Å²) < 4.78 is 2.52. The van der Waals surface area contributed by atoms with E-state index in [-0.39, 0.29) is 5.41 Å². The van der Waals surface area contributed by atoms with E-state index in [0.717, 1.165) is 0 Å². The minimum atomic E-state index is -0.123. The molecule has 6 aromatic carbocycles. The van der Waals surface area contributed by atoms with Crippen LogP contribution in [0.1, 0.15) is 36.1 Å². The predicted octanol–water partition coefficient (Wildman–Crippen LogP) is 10.0. The van der Waals surface area contributed by atoms with Crippen LogP contribution in [-0.4, -0.2) is 4.57 Å². The molecule has 0 amide bonds. The fourth-order valence-corrected chi connectivity index (χ4v) is 6.97. The van der Waals surface area contributed by atoms with Gasteiger partial charge in [0.05, 0.1) is 16.7 Å². The smallest absolute Gasteiger partial charge is 0.0582 e. The summed E-state index contributed by atoms with van der Waals surface area (Å²) in [5.74, 6) is 0. The SMILES string of the molecule is Cc1ccc2c(c1)c1cc(C)cc3c1n2-c1ccc(-c2cc4ccccc4c4ccccc24)cc1C3(C)C. The first-order valence-corrected chi connectivity index (χ1v) is 13.5. The minimum absolute atomic E-state index is 0.123. The molecule has 1 nitrogen and oxygen atoms in total. The molecule has 0 fully saturated rings. The number of hydrogen-bond acceptors (Lipinski definition) is 0. The maximum Gasteiger partial charge on any atom is 0.0582 e. The third-order valence-electron chi connectivity index (χ3n) is 8.82. The Hall–Kier alpha value is -4.36. The number of nitrogens with zero attached hydrogens (tertiary/aromatic N) is 1. The van der Waals surface area contributed by atoms with Crippen molar-refractivity contribution in [3.05, 3.63) is 125 Å². The van der Waals surface area contributed by atoms with Gasteiger partial charge in [-0.05, 0) is 94.0 Å². The van der Waals surface area contributed by atoms with Gasteiger partial charge in [0.25, 0.3) is 0 Å². The average molecular weight is 488 g/mol. The summed E-state index contributed by atoms with van der Waals surface area (Å²) in [5.41, 5.74) is 11.8. The molecule has 0 unspecified atom stereocenters. The number of benzene rings is 6.